The Morgan fingerprint density at radius 1 is 1.25 bits per heavy atom. The predicted octanol–water partition coefficient (Wildman–Crippen LogP) is -0.682. The Morgan fingerprint density at radius 2 is 1.96 bits per heavy atom. The van der Waals surface area contributed by atoms with Gasteiger partial charge in [-0.15, -0.1) is 0 Å². The SMILES string of the molecule is CC(C)[C@@H](NC(=O)[C@@H]1CC(OCC2CC2)CCN1)[C@H]1O[CH-][C@H](O)[C@@H](O)[C@H]1O.[Sm]. The Balaban J connectivity index is 0.00000280. The minimum Gasteiger partial charge on any atom is -0.544 e. The first-order valence-electron chi connectivity index (χ1n) is 10.0. The number of amides is 1. The molecule has 0 bridgehead atoms. The zero-order valence-electron chi connectivity index (χ0n) is 16.5. The van der Waals surface area contributed by atoms with Crippen molar-refractivity contribution in [3.63, 3.8) is 0 Å². The number of carbonyl (C=O) groups is 1. The van der Waals surface area contributed by atoms with Gasteiger partial charge in [-0.2, -0.15) is 6.61 Å². The number of aliphatic hydroxyl groups excluding tert-OH is 3. The summed E-state index contributed by atoms with van der Waals surface area (Å²) in [6, 6.07) is -0.857. The van der Waals surface area contributed by atoms with Crippen molar-refractivity contribution < 1.29 is 70.0 Å². The number of hydrogen-bond donors (Lipinski definition) is 5. The average Bonchev–Trinajstić information content (AvgIpc) is 3.47. The van der Waals surface area contributed by atoms with Crippen LogP contribution in [-0.2, 0) is 14.3 Å². The van der Waals surface area contributed by atoms with Gasteiger partial charge in [-0.3, -0.25) is 4.79 Å². The Kier molecular flexibility index (Phi) is 9.99. The van der Waals surface area contributed by atoms with E-state index in [1.54, 1.807) is 0 Å². The van der Waals surface area contributed by atoms with Gasteiger partial charge < -0.3 is 35.4 Å². The summed E-state index contributed by atoms with van der Waals surface area (Å²) in [5.74, 6) is 0.500. The quantitative estimate of drug-likeness (QED) is 0.274. The number of ether oxygens (including phenoxy) is 2. The normalized spacial score (nSPS) is 37.2. The standard InChI is InChI=1S/C19H33N2O6.Sm/c1-10(2)15(18-17(24)16(23)14(22)9-27-18)21-19(25)13-7-12(5-6-20-13)26-8-11-3-4-11;/h9-18,20,22-24H,3-8H2,1-2H3,(H,21,25);/q-1;/t12?,13-,14-,15+,16+,17+,18+;/m0./s1. The van der Waals surface area contributed by atoms with Gasteiger partial charge in [-0.25, -0.2) is 0 Å². The molecule has 3 aliphatic rings. The van der Waals surface area contributed by atoms with Crippen LogP contribution in [0.2, 0.25) is 0 Å². The van der Waals surface area contributed by atoms with Crippen LogP contribution in [0.25, 0.3) is 0 Å². The summed E-state index contributed by atoms with van der Waals surface area (Å²) in [5, 5.41) is 36.0. The van der Waals surface area contributed by atoms with E-state index in [2.05, 4.69) is 10.6 Å². The van der Waals surface area contributed by atoms with E-state index < -0.39 is 30.5 Å². The molecule has 9 heteroatoms. The Morgan fingerprint density at radius 3 is 2.61 bits per heavy atom. The van der Waals surface area contributed by atoms with E-state index >= 15 is 0 Å². The molecule has 1 unspecified atom stereocenters. The van der Waals surface area contributed by atoms with Gasteiger partial charge in [0.05, 0.1) is 30.4 Å². The first-order chi connectivity index (χ1) is 12.9. The van der Waals surface area contributed by atoms with Crippen molar-refractivity contribution in [3.8, 4) is 0 Å². The second-order valence-corrected chi connectivity index (χ2v) is 8.42. The second kappa shape index (κ2) is 11.3. The van der Waals surface area contributed by atoms with Gasteiger partial charge in [0, 0.05) is 47.0 Å². The zero-order valence-corrected chi connectivity index (χ0v) is 19.1. The molecule has 0 aromatic rings. The maximum absolute atomic E-state index is 12.8. The van der Waals surface area contributed by atoms with Crippen LogP contribution in [-0.4, -0.2) is 77.0 Å². The van der Waals surface area contributed by atoms with Gasteiger partial charge >= 0.3 is 0 Å². The van der Waals surface area contributed by atoms with Crippen molar-refractivity contribution in [1.29, 1.82) is 0 Å². The van der Waals surface area contributed by atoms with Crippen molar-refractivity contribution >= 4 is 5.91 Å². The molecule has 0 aromatic heterocycles. The molecule has 8 nitrogen and oxygen atoms in total. The molecule has 2 saturated heterocycles. The first-order valence-corrected chi connectivity index (χ1v) is 10.0. The molecule has 2 heterocycles. The third kappa shape index (κ3) is 6.53. The molecule has 162 valence electrons. The van der Waals surface area contributed by atoms with Crippen molar-refractivity contribution in [3.05, 3.63) is 6.61 Å². The van der Waals surface area contributed by atoms with E-state index in [-0.39, 0.29) is 64.4 Å². The van der Waals surface area contributed by atoms with E-state index in [0.717, 1.165) is 26.2 Å². The third-order valence-electron chi connectivity index (χ3n) is 5.73. The zero-order chi connectivity index (χ0) is 19.6. The van der Waals surface area contributed by atoms with Crippen molar-refractivity contribution in [2.45, 2.75) is 82.1 Å². The van der Waals surface area contributed by atoms with Gasteiger partial charge in [0.1, 0.15) is 6.10 Å². The molecule has 3 fully saturated rings. The Bertz CT molecular complexity index is 507. The Labute approximate surface area is 199 Å². The van der Waals surface area contributed by atoms with E-state index in [1.807, 2.05) is 13.8 Å². The molecule has 0 radical (unpaired) electrons. The third-order valence-corrected chi connectivity index (χ3v) is 5.73. The van der Waals surface area contributed by atoms with Crippen LogP contribution in [0.15, 0.2) is 0 Å². The van der Waals surface area contributed by atoms with Crippen LogP contribution in [0.5, 0.6) is 0 Å². The van der Waals surface area contributed by atoms with E-state index in [0.29, 0.717) is 12.3 Å². The number of hydrogen-bond acceptors (Lipinski definition) is 7. The largest absolute Gasteiger partial charge is 0.544 e. The minimum atomic E-state index is -1.34. The van der Waals surface area contributed by atoms with Gasteiger partial charge in [-0.05, 0) is 50.2 Å². The number of nitrogens with one attached hydrogen (secondary N) is 2. The molecular weight excluding hydrogens is 503 g/mol. The molecular formula is C19H33N2O6Sm-. The van der Waals surface area contributed by atoms with Crippen LogP contribution in [0.4, 0.5) is 0 Å². The fraction of sp³-hybridized carbons (Fsp3) is 0.895. The van der Waals surface area contributed by atoms with Crippen molar-refractivity contribution in [1.82, 2.24) is 10.6 Å². The monoisotopic (exact) mass is 537 g/mol. The number of piperidine rings is 1. The summed E-state index contributed by atoms with van der Waals surface area (Å²) in [6.45, 7) is 6.44. The van der Waals surface area contributed by atoms with Gasteiger partial charge in [0.25, 0.3) is 0 Å². The topological polar surface area (TPSA) is 120 Å². The van der Waals surface area contributed by atoms with Gasteiger partial charge in [0.2, 0.25) is 5.91 Å². The van der Waals surface area contributed by atoms with Crippen molar-refractivity contribution in [2.24, 2.45) is 11.8 Å². The summed E-state index contributed by atoms with van der Waals surface area (Å²) in [5.41, 5.74) is 0. The second-order valence-electron chi connectivity index (χ2n) is 8.42. The summed E-state index contributed by atoms with van der Waals surface area (Å²) >= 11 is 0. The molecule has 0 aromatic carbocycles. The minimum absolute atomic E-state index is 0. The first kappa shape index (κ1) is 24.8. The smallest absolute Gasteiger partial charge is 0.237 e. The summed E-state index contributed by atoms with van der Waals surface area (Å²) < 4.78 is 11.4. The number of aliphatic hydroxyl groups is 3. The fourth-order valence-corrected chi connectivity index (χ4v) is 3.71. The molecule has 3 rings (SSSR count). The maximum Gasteiger partial charge on any atom is 0.237 e. The van der Waals surface area contributed by atoms with E-state index in [9.17, 15) is 20.1 Å². The molecule has 28 heavy (non-hydrogen) atoms. The number of rotatable bonds is 7. The van der Waals surface area contributed by atoms with Crippen LogP contribution < -0.4 is 10.6 Å². The molecule has 1 amide bonds. The molecule has 7 atom stereocenters. The average molecular weight is 536 g/mol. The van der Waals surface area contributed by atoms with E-state index in [4.69, 9.17) is 9.47 Å². The fourth-order valence-electron chi connectivity index (χ4n) is 3.71. The van der Waals surface area contributed by atoms with Crippen LogP contribution >= 0.6 is 0 Å². The molecule has 5 N–H and O–H groups in total. The summed E-state index contributed by atoms with van der Waals surface area (Å²) in [6.07, 6.45) is -0.609. The van der Waals surface area contributed by atoms with Gasteiger partial charge in [0.15, 0.2) is 0 Å². The van der Waals surface area contributed by atoms with Crippen molar-refractivity contribution in [2.75, 3.05) is 13.2 Å². The van der Waals surface area contributed by atoms with Crippen LogP contribution in [0.3, 0.4) is 0 Å². The molecule has 1 saturated carbocycles. The predicted molar refractivity (Wildman–Crippen MR) is 97.5 cm³/mol. The van der Waals surface area contributed by atoms with Crippen LogP contribution in [0.1, 0.15) is 39.5 Å². The summed E-state index contributed by atoms with van der Waals surface area (Å²) in [4.78, 5) is 12.8. The molecule has 0 spiro atoms. The summed E-state index contributed by atoms with van der Waals surface area (Å²) in [7, 11) is 0. The van der Waals surface area contributed by atoms with Crippen LogP contribution in [0, 0.1) is 58.8 Å². The maximum atomic E-state index is 12.8. The van der Waals surface area contributed by atoms with E-state index in [1.165, 1.54) is 12.8 Å². The van der Waals surface area contributed by atoms with Gasteiger partial charge in [-0.1, -0.05) is 13.8 Å². The molecule has 2 aliphatic heterocycles. The Hall–Kier alpha value is 0.568. The molecule has 1 aliphatic carbocycles. The number of carbonyl (C=O) groups excluding carboxylic acids is 1.